The molecule has 0 heterocycles. The van der Waals surface area contributed by atoms with Crippen LogP contribution in [0.5, 0.6) is 5.75 Å². The van der Waals surface area contributed by atoms with Gasteiger partial charge in [0.25, 0.3) is 5.91 Å². The Morgan fingerprint density at radius 3 is 2.36 bits per heavy atom. The average molecular weight is 385 g/mol. The third-order valence-corrected chi connectivity index (χ3v) is 4.50. The first-order valence-corrected chi connectivity index (χ1v) is 8.88. The van der Waals surface area contributed by atoms with Gasteiger partial charge in [0.1, 0.15) is 11.9 Å². The number of amides is 1. The highest BCUT2D eigenvalue weighted by Crippen LogP contribution is 2.31. The number of rotatable bonds is 7. The number of alkyl halides is 2. The quantitative estimate of drug-likeness (QED) is 0.668. The normalized spacial score (nSPS) is 13.3. The third-order valence-electron chi connectivity index (χ3n) is 4.50. The molecule has 0 spiro atoms. The van der Waals surface area contributed by atoms with Crippen LogP contribution in [-0.4, -0.2) is 42.0 Å². The summed E-state index contributed by atoms with van der Waals surface area (Å²) in [6.45, 7) is -0.284. The summed E-state index contributed by atoms with van der Waals surface area (Å²) in [4.78, 5) is 12.3. The lowest BCUT2D eigenvalue weighted by Crippen LogP contribution is -2.41. The molecule has 0 aromatic heterocycles. The van der Waals surface area contributed by atoms with E-state index in [0.29, 0.717) is 11.3 Å². The number of ether oxygens (including phenoxy) is 1. The molecule has 0 aliphatic heterocycles. The Kier molecular flexibility index (Phi) is 6.21. The Morgan fingerprint density at radius 2 is 1.64 bits per heavy atom. The second-order valence-corrected chi connectivity index (χ2v) is 6.51. The first kappa shape index (κ1) is 19.8. The summed E-state index contributed by atoms with van der Waals surface area (Å²) in [5.41, 5.74) is 0.681. The van der Waals surface area contributed by atoms with E-state index in [2.05, 4.69) is 0 Å². The highest BCUT2D eigenvalue weighted by molar-refractivity contribution is 5.88. The molecule has 3 aromatic rings. The summed E-state index contributed by atoms with van der Waals surface area (Å²) in [5, 5.41) is 12.6. The van der Waals surface area contributed by atoms with E-state index in [0.717, 1.165) is 15.7 Å². The number of hydrogen-bond donors (Lipinski definition) is 1. The maximum Gasteiger partial charge on any atom is 0.315 e. The number of hydrogen-bond acceptors (Lipinski definition) is 3. The first-order valence-electron chi connectivity index (χ1n) is 8.88. The minimum Gasteiger partial charge on any atom is -0.482 e. The summed E-state index contributed by atoms with van der Waals surface area (Å²) < 4.78 is 31.5. The fourth-order valence-electron chi connectivity index (χ4n) is 3.08. The molecular weight excluding hydrogens is 364 g/mol. The van der Waals surface area contributed by atoms with Crippen molar-refractivity contribution < 1.29 is 23.4 Å². The zero-order chi connectivity index (χ0) is 20.1. The molecule has 0 bridgehead atoms. The Balaban J connectivity index is 1.90. The maximum atomic E-state index is 12.7. The zero-order valence-corrected chi connectivity index (χ0v) is 15.3. The van der Waals surface area contributed by atoms with Gasteiger partial charge in [-0.1, -0.05) is 66.7 Å². The molecule has 0 saturated carbocycles. The van der Waals surface area contributed by atoms with Crippen LogP contribution in [0.4, 0.5) is 8.78 Å². The minimum absolute atomic E-state index is 0.284. The van der Waals surface area contributed by atoms with Crippen LogP contribution in [0.25, 0.3) is 10.8 Å². The summed E-state index contributed by atoms with van der Waals surface area (Å²) >= 11 is 0. The Morgan fingerprint density at radius 1 is 1.00 bits per heavy atom. The van der Waals surface area contributed by atoms with E-state index in [4.69, 9.17) is 4.74 Å². The summed E-state index contributed by atoms with van der Waals surface area (Å²) in [7, 11) is 1.23. The van der Waals surface area contributed by atoms with Gasteiger partial charge in [-0.05, 0) is 17.0 Å². The van der Waals surface area contributed by atoms with Gasteiger partial charge in [-0.2, -0.15) is 8.78 Å². The lowest BCUT2D eigenvalue weighted by molar-refractivity contribution is -0.143. The summed E-state index contributed by atoms with van der Waals surface area (Å²) in [6, 6.07) is 22.3. The van der Waals surface area contributed by atoms with Gasteiger partial charge in [-0.15, -0.1) is 0 Å². The van der Waals surface area contributed by atoms with Crippen LogP contribution in [0.1, 0.15) is 11.7 Å². The van der Waals surface area contributed by atoms with Gasteiger partial charge in [0, 0.05) is 12.4 Å². The number of halogens is 2. The van der Waals surface area contributed by atoms with Gasteiger partial charge in [0.05, 0.1) is 6.54 Å². The topological polar surface area (TPSA) is 49.8 Å². The van der Waals surface area contributed by atoms with Crippen LogP contribution >= 0.6 is 0 Å². The fraction of sp³-hybridized carbons (Fsp3) is 0.227. The van der Waals surface area contributed by atoms with Crippen LogP contribution in [0.3, 0.4) is 0 Å². The minimum atomic E-state index is -3.12. The van der Waals surface area contributed by atoms with Crippen molar-refractivity contribution in [1.29, 1.82) is 0 Å². The number of benzene rings is 3. The lowest BCUT2D eigenvalue weighted by Gasteiger charge is -2.28. The SMILES string of the molecule is CN(CC(O)C(Oc1cccc2ccccc12)c1ccccc1)C(=O)C(F)F. The van der Waals surface area contributed by atoms with E-state index in [9.17, 15) is 18.7 Å². The van der Waals surface area contributed by atoms with Crippen molar-refractivity contribution in [2.24, 2.45) is 0 Å². The average Bonchev–Trinajstić information content (AvgIpc) is 2.71. The van der Waals surface area contributed by atoms with E-state index in [1.165, 1.54) is 7.05 Å². The molecular formula is C22H21F2NO3. The molecule has 1 amide bonds. The molecule has 146 valence electrons. The van der Waals surface area contributed by atoms with Crippen molar-refractivity contribution in [2.75, 3.05) is 13.6 Å². The van der Waals surface area contributed by atoms with E-state index >= 15 is 0 Å². The molecule has 3 rings (SSSR count). The smallest absolute Gasteiger partial charge is 0.315 e. The molecule has 0 aliphatic rings. The molecule has 2 unspecified atom stereocenters. The lowest BCUT2D eigenvalue weighted by atomic mass is 10.0. The van der Waals surface area contributed by atoms with Gasteiger partial charge in [-0.25, -0.2) is 0 Å². The highest BCUT2D eigenvalue weighted by Gasteiger charge is 2.29. The van der Waals surface area contributed by atoms with Crippen molar-refractivity contribution in [3.63, 3.8) is 0 Å². The van der Waals surface area contributed by atoms with Gasteiger partial charge in [-0.3, -0.25) is 4.79 Å². The predicted octanol–water partition coefficient (Wildman–Crippen LogP) is 4.04. The third kappa shape index (κ3) is 4.46. The van der Waals surface area contributed by atoms with Crippen LogP contribution < -0.4 is 4.74 Å². The number of aliphatic hydroxyl groups excluding tert-OH is 1. The fourth-order valence-corrected chi connectivity index (χ4v) is 3.08. The van der Waals surface area contributed by atoms with Crippen LogP contribution in [0, 0.1) is 0 Å². The molecule has 4 nitrogen and oxygen atoms in total. The van der Waals surface area contributed by atoms with Crippen LogP contribution in [0.15, 0.2) is 72.8 Å². The van der Waals surface area contributed by atoms with E-state index in [1.54, 1.807) is 30.3 Å². The number of likely N-dealkylation sites (N-methyl/N-ethyl adjacent to an activating group) is 1. The molecule has 2 atom stereocenters. The van der Waals surface area contributed by atoms with Crippen LogP contribution in [0.2, 0.25) is 0 Å². The molecule has 0 fully saturated rings. The van der Waals surface area contributed by atoms with E-state index in [-0.39, 0.29) is 6.54 Å². The Labute approximate surface area is 162 Å². The second-order valence-electron chi connectivity index (χ2n) is 6.51. The molecule has 28 heavy (non-hydrogen) atoms. The number of aliphatic hydroxyl groups is 1. The van der Waals surface area contributed by atoms with Gasteiger partial charge in [0.15, 0.2) is 6.10 Å². The number of carbonyl (C=O) groups is 1. The number of fused-ring (bicyclic) bond motifs is 1. The monoisotopic (exact) mass is 385 g/mol. The van der Waals surface area contributed by atoms with Crippen LogP contribution in [-0.2, 0) is 4.79 Å². The first-order chi connectivity index (χ1) is 13.5. The Bertz CT molecular complexity index is 928. The molecule has 1 N–H and O–H groups in total. The van der Waals surface area contributed by atoms with Gasteiger partial charge >= 0.3 is 6.43 Å². The molecule has 0 saturated heterocycles. The van der Waals surface area contributed by atoms with Crippen molar-refractivity contribution in [2.45, 2.75) is 18.6 Å². The largest absolute Gasteiger partial charge is 0.482 e. The zero-order valence-electron chi connectivity index (χ0n) is 15.3. The summed E-state index contributed by atoms with van der Waals surface area (Å²) in [6.07, 6.45) is -5.15. The van der Waals surface area contributed by atoms with Gasteiger partial charge in [0.2, 0.25) is 0 Å². The van der Waals surface area contributed by atoms with Crippen molar-refractivity contribution in [1.82, 2.24) is 4.90 Å². The molecule has 3 aromatic carbocycles. The molecule has 6 heteroatoms. The van der Waals surface area contributed by atoms with E-state index in [1.807, 2.05) is 42.5 Å². The van der Waals surface area contributed by atoms with Crippen molar-refractivity contribution >= 4 is 16.7 Å². The predicted molar refractivity (Wildman–Crippen MR) is 103 cm³/mol. The molecule has 0 aliphatic carbocycles. The number of carbonyl (C=O) groups excluding carboxylic acids is 1. The van der Waals surface area contributed by atoms with Gasteiger partial charge < -0.3 is 14.7 Å². The highest BCUT2D eigenvalue weighted by atomic mass is 19.3. The van der Waals surface area contributed by atoms with E-state index < -0.39 is 24.5 Å². The second kappa shape index (κ2) is 8.80. The standard InChI is InChI=1S/C22H21F2NO3/c1-25(22(27)21(23)24)14-18(26)20(16-9-3-2-4-10-16)28-19-13-7-11-15-8-5-6-12-17(15)19/h2-13,18,20-21,26H,14H2,1H3. The maximum absolute atomic E-state index is 12.7. The number of nitrogens with zero attached hydrogens (tertiary/aromatic N) is 1. The summed E-state index contributed by atoms with van der Waals surface area (Å²) in [5.74, 6) is -0.773. The van der Waals surface area contributed by atoms with Crippen molar-refractivity contribution in [3.8, 4) is 5.75 Å². The van der Waals surface area contributed by atoms with Crippen molar-refractivity contribution in [3.05, 3.63) is 78.4 Å². The molecule has 0 radical (unpaired) electrons. The Hall–Kier alpha value is -2.99.